The van der Waals surface area contributed by atoms with E-state index < -0.39 is 20.9 Å². The Bertz CT molecular complexity index is 1160. The monoisotopic (exact) mass is 443 g/mol. The molecule has 160 valence electrons. The molecule has 0 spiro atoms. The molecular weight excluding hydrogens is 426 g/mol. The van der Waals surface area contributed by atoms with Crippen LogP contribution in [0.1, 0.15) is 5.56 Å². The predicted octanol–water partition coefficient (Wildman–Crippen LogP) is 2.13. The molecule has 1 amide bonds. The van der Waals surface area contributed by atoms with Gasteiger partial charge in [-0.2, -0.15) is 13.7 Å². The Balaban J connectivity index is 1.88. The summed E-state index contributed by atoms with van der Waals surface area (Å²) in [6, 6.07) is 12.1. The van der Waals surface area contributed by atoms with E-state index in [0.717, 1.165) is 24.3 Å². The zero-order chi connectivity index (χ0) is 22.4. The fourth-order valence-corrected chi connectivity index (χ4v) is 3.76. The number of carbonyl (C=O) groups excluding carboxylic acids is 1. The fourth-order valence-electron chi connectivity index (χ4n) is 2.81. The molecule has 11 heteroatoms. The molecule has 0 atom stereocenters. The number of nitro benzene ring substituents is 1. The summed E-state index contributed by atoms with van der Waals surface area (Å²) in [6.07, 6.45) is 1.26. The SMILES string of the molecule is N#C/C(=C\c1ccccc1OS(=O)(=O)c1ccc([N+](=O)[O-])cc1)C(=O)N1CCOCC1. The Morgan fingerprint density at radius 3 is 2.42 bits per heavy atom. The molecule has 3 rings (SSSR count). The van der Waals surface area contributed by atoms with Crippen LogP contribution in [0.2, 0.25) is 0 Å². The molecule has 2 aromatic carbocycles. The van der Waals surface area contributed by atoms with Gasteiger partial charge in [-0.1, -0.05) is 18.2 Å². The van der Waals surface area contributed by atoms with Crippen molar-refractivity contribution in [3.8, 4) is 11.8 Å². The zero-order valence-corrected chi connectivity index (χ0v) is 16.9. The normalized spacial score (nSPS) is 14.5. The number of hydrogen-bond acceptors (Lipinski definition) is 8. The average molecular weight is 443 g/mol. The summed E-state index contributed by atoms with van der Waals surface area (Å²) >= 11 is 0. The number of rotatable bonds is 6. The van der Waals surface area contributed by atoms with Crippen LogP contribution in [0.25, 0.3) is 6.08 Å². The lowest BCUT2D eigenvalue weighted by Crippen LogP contribution is -2.41. The second kappa shape index (κ2) is 9.38. The molecule has 31 heavy (non-hydrogen) atoms. The molecule has 0 N–H and O–H groups in total. The van der Waals surface area contributed by atoms with Gasteiger partial charge in [-0.15, -0.1) is 0 Å². The Kier molecular flexibility index (Phi) is 6.64. The van der Waals surface area contributed by atoms with E-state index in [1.165, 1.54) is 29.2 Å². The average Bonchev–Trinajstić information content (AvgIpc) is 2.78. The first-order valence-corrected chi connectivity index (χ1v) is 10.5. The second-order valence-electron chi connectivity index (χ2n) is 6.40. The molecule has 2 aromatic rings. The molecule has 10 nitrogen and oxygen atoms in total. The number of para-hydroxylation sites is 1. The molecule has 1 fully saturated rings. The molecular formula is C20H17N3O7S. The fraction of sp³-hybridized carbons (Fsp3) is 0.200. The van der Waals surface area contributed by atoms with Gasteiger partial charge in [0.05, 0.1) is 18.1 Å². The van der Waals surface area contributed by atoms with Crippen molar-refractivity contribution in [1.29, 1.82) is 5.26 Å². The highest BCUT2D eigenvalue weighted by molar-refractivity contribution is 7.87. The summed E-state index contributed by atoms with van der Waals surface area (Å²) in [7, 11) is -4.31. The summed E-state index contributed by atoms with van der Waals surface area (Å²) < 4.78 is 35.6. The first-order valence-electron chi connectivity index (χ1n) is 9.08. The van der Waals surface area contributed by atoms with Crippen LogP contribution >= 0.6 is 0 Å². The standard InChI is InChI=1S/C20H17N3O7S/c21-14-16(20(24)22-9-11-29-12-10-22)13-15-3-1-2-4-19(15)30-31(27,28)18-7-5-17(6-8-18)23(25)26/h1-8,13H,9-12H2/b16-13+. The highest BCUT2D eigenvalue weighted by Crippen LogP contribution is 2.26. The smallest absolute Gasteiger partial charge is 0.339 e. The number of nitro groups is 1. The van der Waals surface area contributed by atoms with E-state index in [1.54, 1.807) is 6.07 Å². The highest BCUT2D eigenvalue weighted by atomic mass is 32.2. The van der Waals surface area contributed by atoms with E-state index in [1.807, 2.05) is 6.07 Å². The van der Waals surface area contributed by atoms with Crippen molar-refractivity contribution >= 4 is 27.8 Å². The molecule has 0 bridgehead atoms. The van der Waals surface area contributed by atoms with E-state index in [4.69, 9.17) is 8.92 Å². The number of carbonyl (C=O) groups is 1. The van der Waals surface area contributed by atoms with Crippen LogP contribution in [0, 0.1) is 21.4 Å². The zero-order valence-electron chi connectivity index (χ0n) is 16.1. The van der Waals surface area contributed by atoms with Crippen LogP contribution < -0.4 is 4.18 Å². The minimum absolute atomic E-state index is 0.0941. The van der Waals surface area contributed by atoms with E-state index in [0.29, 0.717) is 26.3 Å². The van der Waals surface area contributed by atoms with Crippen molar-refractivity contribution in [1.82, 2.24) is 4.90 Å². The molecule has 1 aliphatic rings. The second-order valence-corrected chi connectivity index (χ2v) is 7.95. The molecule has 1 aliphatic heterocycles. The molecule has 1 saturated heterocycles. The van der Waals surface area contributed by atoms with E-state index in [-0.39, 0.29) is 27.5 Å². The highest BCUT2D eigenvalue weighted by Gasteiger charge is 2.23. The first kappa shape index (κ1) is 21.9. The van der Waals surface area contributed by atoms with Crippen molar-refractivity contribution in [3.63, 3.8) is 0 Å². The van der Waals surface area contributed by atoms with Gasteiger partial charge in [0, 0.05) is 30.8 Å². The minimum atomic E-state index is -4.31. The number of nitrogens with zero attached hydrogens (tertiary/aromatic N) is 3. The number of hydrogen-bond donors (Lipinski definition) is 0. The quantitative estimate of drug-likeness (QED) is 0.217. The molecule has 1 heterocycles. The largest absolute Gasteiger partial charge is 0.378 e. The van der Waals surface area contributed by atoms with Gasteiger partial charge < -0.3 is 13.8 Å². The van der Waals surface area contributed by atoms with E-state index in [9.17, 15) is 28.6 Å². The summed E-state index contributed by atoms with van der Waals surface area (Å²) in [5.41, 5.74) is -0.223. The Labute approximate surface area is 178 Å². The van der Waals surface area contributed by atoms with Gasteiger partial charge in [-0.25, -0.2) is 0 Å². The maximum atomic E-state index is 12.6. The molecule has 0 aliphatic carbocycles. The Morgan fingerprint density at radius 2 is 1.81 bits per heavy atom. The van der Waals surface area contributed by atoms with Crippen molar-refractivity contribution in [2.24, 2.45) is 0 Å². The van der Waals surface area contributed by atoms with Crippen LogP contribution in [0.15, 0.2) is 59.0 Å². The van der Waals surface area contributed by atoms with Crippen molar-refractivity contribution in [2.75, 3.05) is 26.3 Å². The molecule has 0 unspecified atom stereocenters. The van der Waals surface area contributed by atoms with Crippen molar-refractivity contribution in [2.45, 2.75) is 4.90 Å². The van der Waals surface area contributed by atoms with Crippen molar-refractivity contribution in [3.05, 3.63) is 69.8 Å². The van der Waals surface area contributed by atoms with E-state index in [2.05, 4.69) is 0 Å². The number of nitriles is 1. The third-order valence-corrected chi connectivity index (χ3v) is 5.65. The van der Waals surface area contributed by atoms with Crippen LogP contribution in [-0.4, -0.2) is 50.5 Å². The van der Waals surface area contributed by atoms with Gasteiger partial charge in [-0.3, -0.25) is 14.9 Å². The van der Waals surface area contributed by atoms with Gasteiger partial charge >= 0.3 is 10.1 Å². The van der Waals surface area contributed by atoms with Crippen LogP contribution in [0.5, 0.6) is 5.75 Å². The van der Waals surface area contributed by atoms with Gasteiger partial charge in [0.25, 0.3) is 11.6 Å². The number of amides is 1. The van der Waals surface area contributed by atoms with Crippen LogP contribution in [-0.2, 0) is 19.6 Å². The Hall–Kier alpha value is -3.75. The van der Waals surface area contributed by atoms with E-state index >= 15 is 0 Å². The Morgan fingerprint density at radius 1 is 1.16 bits per heavy atom. The molecule has 0 radical (unpaired) electrons. The molecule has 0 aromatic heterocycles. The first-order chi connectivity index (χ1) is 14.8. The number of ether oxygens (including phenoxy) is 1. The third kappa shape index (κ3) is 5.25. The number of morpholine rings is 1. The summed E-state index contributed by atoms with van der Waals surface area (Å²) in [6.45, 7) is 1.45. The minimum Gasteiger partial charge on any atom is -0.378 e. The van der Waals surface area contributed by atoms with Crippen LogP contribution in [0.3, 0.4) is 0 Å². The lowest BCUT2D eigenvalue weighted by molar-refractivity contribution is -0.384. The predicted molar refractivity (Wildman–Crippen MR) is 108 cm³/mol. The third-order valence-electron chi connectivity index (χ3n) is 4.40. The maximum Gasteiger partial charge on any atom is 0.339 e. The lowest BCUT2D eigenvalue weighted by Gasteiger charge is -2.26. The molecule has 0 saturated carbocycles. The van der Waals surface area contributed by atoms with Gasteiger partial charge in [0.2, 0.25) is 0 Å². The summed E-state index contributed by atoms with van der Waals surface area (Å²) in [5, 5.41) is 20.2. The van der Waals surface area contributed by atoms with Gasteiger partial charge in [-0.05, 0) is 24.3 Å². The number of non-ortho nitro benzene ring substituents is 1. The van der Waals surface area contributed by atoms with Gasteiger partial charge in [0.15, 0.2) is 0 Å². The summed E-state index contributed by atoms with van der Waals surface area (Å²) in [4.78, 5) is 23.9. The van der Waals surface area contributed by atoms with Gasteiger partial charge in [0.1, 0.15) is 22.3 Å². The number of benzene rings is 2. The maximum absolute atomic E-state index is 12.6. The lowest BCUT2D eigenvalue weighted by atomic mass is 10.1. The van der Waals surface area contributed by atoms with Crippen molar-refractivity contribution < 1.29 is 27.1 Å². The van der Waals surface area contributed by atoms with Crippen LogP contribution in [0.4, 0.5) is 5.69 Å². The summed E-state index contributed by atoms with van der Waals surface area (Å²) in [5.74, 6) is -0.581. The topological polar surface area (TPSA) is 140 Å².